The van der Waals surface area contributed by atoms with Crippen LogP contribution in [0, 0.1) is 11.7 Å². The number of carbonyl (C=O) groups is 1. The van der Waals surface area contributed by atoms with E-state index in [-0.39, 0.29) is 12.2 Å². The fourth-order valence-electron chi connectivity index (χ4n) is 2.98. The Balaban J connectivity index is 2.19. The van der Waals surface area contributed by atoms with Gasteiger partial charge < -0.3 is 16.2 Å². The van der Waals surface area contributed by atoms with Crippen molar-refractivity contribution in [3.63, 3.8) is 0 Å². The number of nitrogen functional groups attached to an aromatic ring is 1. The van der Waals surface area contributed by atoms with Gasteiger partial charge in [-0.1, -0.05) is 19.8 Å². The first-order valence-electron chi connectivity index (χ1n) is 6.94. The van der Waals surface area contributed by atoms with Crippen molar-refractivity contribution in [2.45, 2.75) is 38.1 Å². The highest BCUT2D eigenvalue weighted by molar-refractivity contribution is 5.95. The Morgan fingerprint density at radius 2 is 2.35 bits per heavy atom. The molecule has 0 bridgehead atoms. The topological polar surface area (TPSA) is 75.3 Å². The zero-order valence-corrected chi connectivity index (χ0v) is 11.7. The molecular weight excluding hydrogens is 259 g/mol. The number of hydrogen-bond acceptors (Lipinski definition) is 3. The van der Waals surface area contributed by atoms with Crippen molar-refractivity contribution in [3.05, 3.63) is 29.6 Å². The minimum absolute atomic E-state index is 0.0731. The van der Waals surface area contributed by atoms with Crippen molar-refractivity contribution in [1.29, 1.82) is 0 Å². The van der Waals surface area contributed by atoms with E-state index < -0.39 is 17.3 Å². The van der Waals surface area contributed by atoms with E-state index >= 15 is 0 Å². The summed E-state index contributed by atoms with van der Waals surface area (Å²) in [6.07, 6.45) is 3.45. The van der Waals surface area contributed by atoms with Crippen LogP contribution in [0.25, 0.3) is 0 Å². The van der Waals surface area contributed by atoms with Crippen LogP contribution < -0.4 is 11.1 Å². The van der Waals surface area contributed by atoms with Crippen LogP contribution in [-0.2, 0) is 0 Å². The van der Waals surface area contributed by atoms with Crippen LogP contribution in [0.5, 0.6) is 0 Å². The lowest BCUT2D eigenvalue weighted by Gasteiger charge is -2.39. The molecule has 110 valence electrons. The molecule has 4 N–H and O–H groups in total. The van der Waals surface area contributed by atoms with Crippen molar-refractivity contribution < 1.29 is 14.3 Å². The van der Waals surface area contributed by atoms with Crippen LogP contribution in [0.2, 0.25) is 0 Å². The monoisotopic (exact) mass is 280 g/mol. The molecule has 1 fully saturated rings. The minimum atomic E-state index is -0.647. The number of rotatable bonds is 3. The maximum atomic E-state index is 13.7. The minimum Gasteiger partial charge on any atom is -0.399 e. The quantitative estimate of drug-likeness (QED) is 0.742. The number of aliphatic hydroxyl groups is 1. The van der Waals surface area contributed by atoms with Crippen molar-refractivity contribution in [2.24, 2.45) is 5.92 Å². The third-order valence-electron chi connectivity index (χ3n) is 4.01. The van der Waals surface area contributed by atoms with E-state index in [1.165, 1.54) is 18.2 Å². The summed E-state index contributed by atoms with van der Waals surface area (Å²) in [5, 5.41) is 12.5. The lowest BCUT2D eigenvalue weighted by Crippen LogP contribution is -2.54. The molecule has 20 heavy (non-hydrogen) atoms. The highest BCUT2D eigenvalue weighted by Gasteiger charge is 2.36. The Morgan fingerprint density at radius 3 is 3.00 bits per heavy atom. The van der Waals surface area contributed by atoms with Crippen molar-refractivity contribution in [3.8, 4) is 0 Å². The van der Waals surface area contributed by atoms with E-state index in [4.69, 9.17) is 5.73 Å². The largest absolute Gasteiger partial charge is 0.399 e. The molecule has 0 aliphatic heterocycles. The summed E-state index contributed by atoms with van der Waals surface area (Å²) in [5.41, 5.74) is 5.21. The number of hydrogen-bond donors (Lipinski definition) is 3. The molecule has 1 aromatic rings. The van der Waals surface area contributed by atoms with E-state index in [0.29, 0.717) is 24.4 Å². The predicted molar refractivity (Wildman–Crippen MR) is 75.7 cm³/mol. The molecule has 1 aliphatic carbocycles. The fourth-order valence-corrected chi connectivity index (χ4v) is 2.98. The van der Waals surface area contributed by atoms with Crippen LogP contribution in [-0.4, -0.2) is 23.2 Å². The summed E-state index contributed by atoms with van der Waals surface area (Å²) >= 11 is 0. The van der Waals surface area contributed by atoms with E-state index in [1.807, 2.05) is 0 Å². The lowest BCUT2D eigenvalue weighted by molar-refractivity contribution is 0.0693. The van der Waals surface area contributed by atoms with E-state index in [1.54, 1.807) is 0 Å². The Labute approximate surface area is 118 Å². The lowest BCUT2D eigenvalue weighted by atomic mass is 9.76. The number of aliphatic hydroxyl groups excluding tert-OH is 1. The van der Waals surface area contributed by atoms with Crippen LogP contribution in [0.15, 0.2) is 18.2 Å². The van der Waals surface area contributed by atoms with Gasteiger partial charge in [-0.3, -0.25) is 4.79 Å². The van der Waals surface area contributed by atoms with Gasteiger partial charge in [0.25, 0.3) is 5.91 Å². The predicted octanol–water partition coefficient (Wildman–Crippen LogP) is 2.08. The second kappa shape index (κ2) is 5.79. The normalized spacial score (nSPS) is 26.2. The Kier molecular flexibility index (Phi) is 4.28. The molecule has 0 heterocycles. The smallest absolute Gasteiger partial charge is 0.254 e. The van der Waals surface area contributed by atoms with Gasteiger partial charge in [0.1, 0.15) is 5.82 Å². The molecule has 4 nitrogen and oxygen atoms in total. The van der Waals surface area contributed by atoms with Gasteiger partial charge in [0, 0.05) is 5.69 Å². The standard InChI is InChI=1S/C15H21FN2O2/c1-10-3-2-6-15(8-10,9-19)18-14(20)12-7-11(17)4-5-13(12)16/h4-5,7,10,19H,2-3,6,8-9,17H2,1H3,(H,18,20). The number of anilines is 1. The number of carbonyl (C=O) groups excluding carboxylic acids is 1. The van der Waals surface area contributed by atoms with E-state index in [9.17, 15) is 14.3 Å². The van der Waals surface area contributed by atoms with Crippen molar-refractivity contribution in [2.75, 3.05) is 12.3 Å². The summed E-state index contributed by atoms with van der Waals surface area (Å²) in [4.78, 5) is 12.2. The first-order valence-corrected chi connectivity index (χ1v) is 6.94. The zero-order chi connectivity index (χ0) is 14.8. The summed E-state index contributed by atoms with van der Waals surface area (Å²) < 4.78 is 13.7. The Morgan fingerprint density at radius 1 is 1.60 bits per heavy atom. The van der Waals surface area contributed by atoms with Gasteiger partial charge in [-0.2, -0.15) is 0 Å². The van der Waals surface area contributed by atoms with E-state index in [0.717, 1.165) is 12.8 Å². The molecule has 0 aromatic heterocycles. The van der Waals surface area contributed by atoms with Crippen molar-refractivity contribution >= 4 is 11.6 Å². The Bertz CT molecular complexity index is 507. The summed E-state index contributed by atoms with van der Waals surface area (Å²) in [6.45, 7) is 1.96. The molecule has 2 rings (SSSR count). The molecule has 2 unspecified atom stereocenters. The molecule has 0 radical (unpaired) electrons. The van der Waals surface area contributed by atoms with E-state index in [2.05, 4.69) is 12.2 Å². The maximum absolute atomic E-state index is 13.7. The van der Waals surface area contributed by atoms with Crippen molar-refractivity contribution in [1.82, 2.24) is 5.32 Å². The first-order chi connectivity index (χ1) is 9.46. The van der Waals surface area contributed by atoms with Gasteiger partial charge >= 0.3 is 0 Å². The van der Waals surface area contributed by atoms with Gasteiger partial charge in [0.15, 0.2) is 0 Å². The second-order valence-electron chi connectivity index (χ2n) is 5.83. The number of nitrogens with one attached hydrogen (secondary N) is 1. The molecule has 1 saturated carbocycles. The number of benzene rings is 1. The van der Waals surface area contributed by atoms with Gasteiger partial charge in [-0.05, 0) is 37.0 Å². The average Bonchev–Trinajstić information content (AvgIpc) is 2.41. The van der Waals surface area contributed by atoms with Crippen LogP contribution >= 0.6 is 0 Å². The molecular formula is C15H21FN2O2. The number of amides is 1. The fraction of sp³-hybridized carbons (Fsp3) is 0.533. The van der Waals surface area contributed by atoms with Crippen LogP contribution in [0.1, 0.15) is 43.0 Å². The summed E-state index contributed by atoms with van der Waals surface area (Å²) in [5.74, 6) is -0.687. The van der Waals surface area contributed by atoms with Gasteiger partial charge in [-0.25, -0.2) is 4.39 Å². The molecule has 2 atom stereocenters. The molecule has 0 saturated heterocycles. The Hall–Kier alpha value is -1.62. The second-order valence-corrected chi connectivity index (χ2v) is 5.83. The van der Waals surface area contributed by atoms with Gasteiger partial charge in [0.05, 0.1) is 17.7 Å². The zero-order valence-electron chi connectivity index (χ0n) is 11.7. The average molecular weight is 280 g/mol. The maximum Gasteiger partial charge on any atom is 0.254 e. The number of halogens is 1. The molecule has 1 amide bonds. The van der Waals surface area contributed by atoms with Crippen LogP contribution in [0.3, 0.4) is 0 Å². The number of nitrogens with two attached hydrogens (primary N) is 1. The molecule has 5 heteroatoms. The highest BCUT2D eigenvalue weighted by Crippen LogP contribution is 2.32. The van der Waals surface area contributed by atoms with Crippen LogP contribution in [0.4, 0.5) is 10.1 Å². The SMILES string of the molecule is CC1CCCC(CO)(NC(=O)c2cc(N)ccc2F)C1. The molecule has 1 aliphatic rings. The van der Waals surface area contributed by atoms with Gasteiger partial charge in [-0.15, -0.1) is 0 Å². The third-order valence-corrected chi connectivity index (χ3v) is 4.01. The molecule has 1 aromatic carbocycles. The third kappa shape index (κ3) is 3.10. The summed E-state index contributed by atoms with van der Waals surface area (Å²) in [7, 11) is 0. The highest BCUT2D eigenvalue weighted by atomic mass is 19.1. The summed E-state index contributed by atoms with van der Waals surface area (Å²) in [6, 6.07) is 3.91. The molecule has 0 spiro atoms. The van der Waals surface area contributed by atoms with Gasteiger partial charge in [0.2, 0.25) is 0 Å². The first kappa shape index (κ1) is 14.8.